The molecule has 4 atom stereocenters. The first-order chi connectivity index (χ1) is 12.9. The Morgan fingerprint density at radius 2 is 1.89 bits per heavy atom. The average Bonchev–Trinajstić information content (AvgIpc) is 3.52. The largest absolute Gasteiger partial charge is 0.339 e. The molecule has 0 unspecified atom stereocenters. The number of amides is 2. The predicted molar refractivity (Wildman–Crippen MR) is 101 cm³/mol. The van der Waals surface area contributed by atoms with Crippen LogP contribution in [0.25, 0.3) is 0 Å². The van der Waals surface area contributed by atoms with Crippen molar-refractivity contribution >= 4 is 11.8 Å². The van der Waals surface area contributed by atoms with E-state index < -0.39 is 0 Å². The number of halogens is 1. The molecule has 0 radical (unpaired) electrons. The summed E-state index contributed by atoms with van der Waals surface area (Å²) in [6.45, 7) is 4.86. The quantitative estimate of drug-likeness (QED) is 0.795. The fourth-order valence-electron chi connectivity index (χ4n) is 4.61. The molecule has 0 bridgehead atoms. The van der Waals surface area contributed by atoms with Crippen LogP contribution in [0.2, 0.25) is 0 Å². The molecule has 0 spiro atoms. The second-order valence-electron chi connectivity index (χ2n) is 8.99. The van der Waals surface area contributed by atoms with E-state index in [9.17, 15) is 14.0 Å². The fraction of sp³-hybridized carbons (Fsp3) is 0.636. The van der Waals surface area contributed by atoms with Crippen LogP contribution in [0.15, 0.2) is 24.3 Å². The van der Waals surface area contributed by atoms with Crippen molar-refractivity contribution in [1.82, 2.24) is 9.80 Å². The van der Waals surface area contributed by atoms with E-state index in [2.05, 4.69) is 13.8 Å². The number of hydrogen-bond acceptors (Lipinski definition) is 2. The van der Waals surface area contributed by atoms with Crippen molar-refractivity contribution in [2.24, 2.45) is 17.8 Å². The second-order valence-corrected chi connectivity index (χ2v) is 8.99. The number of piperazine rings is 1. The zero-order valence-electron chi connectivity index (χ0n) is 16.4. The number of carbonyl (C=O) groups is 2. The monoisotopic (exact) mass is 372 g/mol. The molecule has 2 amide bonds. The summed E-state index contributed by atoms with van der Waals surface area (Å²) < 4.78 is 13.2. The normalized spacial score (nSPS) is 30.8. The maximum atomic E-state index is 13.3. The molecule has 4 rings (SSSR count). The van der Waals surface area contributed by atoms with Gasteiger partial charge in [-0.05, 0) is 61.1 Å². The lowest BCUT2D eigenvalue weighted by Crippen LogP contribution is -2.63. The Labute approximate surface area is 160 Å². The molecule has 27 heavy (non-hydrogen) atoms. The van der Waals surface area contributed by atoms with Crippen LogP contribution in [0, 0.1) is 23.6 Å². The van der Waals surface area contributed by atoms with Crippen LogP contribution >= 0.6 is 0 Å². The molecular weight excluding hydrogens is 343 g/mol. The lowest BCUT2D eigenvalue weighted by Gasteiger charge is -2.45. The summed E-state index contributed by atoms with van der Waals surface area (Å²) >= 11 is 0. The average molecular weight is 372 g/mol. The summed E-state index contributed by atoms with van der Waals surface area (Å²) in [5.74, 6) is 0.944. The Bertz CT molecular complexity index is 728. The number of carbonyl (C=O) groups excluding carboxylic acids is 2. The van der Waals surface area contributed by atoms with Gasteiger partial charge < -0.3 is 9.80 Å². The van der Waals surface area contributed by atoms with Crippen molar-refractivity contribution < 1.29 is 14.0 Å². The molecule has 3 fully saturated rings. The minimum atomic E-state index is -0.341. The van der Waals surface area contributed by atoms with Crippen LogP contribution in [0.3, 0.4) is 0 Å². The summed E-state index contributed by atoms with van der Waals surface area (Å²) in [6, 6.07) is 6.29. The van der Waals surface area contributed by atoms with E-state index in [0.717, 1.165) is 24.8 Å². The molecule has 0 N–H and O–H groups in total. The van der Waals surface area contributed by atoms with Crippen LogP contribution in [0.5, 0.6) is 0 Å². The van der Waals surface area contributed by atoms with Gasteiger partial charge in [0.2, 0.25) is 11.8 Å². The SMILES string of the molecule is CC(C)C[C@H]1C(=O)N(C)[C@@H](C2CC2)CN1C(=O)[C@@H]1C[C@H]1c1ccc(F)cc1. The first-order valence-electron chi connectivity index (χ1n) is 10.2. The van der Waals surface area contributed by atoms with E-state index in [1.165, 1.54) is 12.1 Å². The molecule has 3 aliphatic rings. The van der Waals surface area contributed by atoms with Gasteiger partial charge in [-0.2, -0.15) is 0 Å². The molecule has 146 valence electrons. The minimum absolute atomic E-state index is 0.0683. The van der Waals surface area contributed by atoms with Gasteiger partial charge in [-0.25, -0.2) is 4.39 Å². The third-order valence-electron chi connectivity index (χ3n) is 6.44. The Morgan fingerprint density at radius 3 is 2.48 bits per heavy atom. The molecule has 1 aromatic carbocycles. The summed E-state index contributed by atoms with van der Waals surface area (Å²) in [6.07, 6.45) is 3.81. The molecule has 1 saturated heterocycles. The maximum Gasteiger partial charge on any atom is 0.245 e. The highest BCUT2D eigenvalue weighted by Gasteiger charge is 2.52. The first-order valence-corrected chi connectivity index (χ1v) is 10.2. The Morgan fingerprint density at radius 1 is 1.22 bits per heavy atom. The van der Waals surface area contributed by atoms with Crippen molar-refractivity contribution in [1.29, 1.82) is 0 Å². The van der Waals surface area contributed by atoms with E-state index >= 15 is 0 Å². The lowest BCUT2D eigenvalue weighted by atomic mass is 9.95. The molecule has 5 heteroatoms. The number of benzene rings is 1. The van der Waals surface area contributed by atoms with Gasteiger partial charge in [-0.15, -0.1) is 0 Å². The van der Waals surface area contributed by atoms with E-state index in [0.29, 0.717) is 24.8 Å². The van der Waals surface area contributed by atoms with Gasteiger partial charge in [0.25, 0.3) is 0 Å². The van der Waals surface area contributed by atoms with Crippen LogP contribution < -0.4 is 0 Å². The van der Waals surface area contributed by atoms with Crippen molar-refractivity contribution in [3.8, 4) is 0 Å². The van der Waals surface area contributed by atoms with Crippen molar-refractivity contribution in [3.05, 3.63) is 35.6 Å². The Hall–Kier alpha value is -1.91. The minimum Gasteiger partial charge on any atom is -0.339 e. The van der Waals surface area contributed by atoms with Crippen molar-refractivity contribution in [3.63, 3.8) is 0 Å². The van der Waals surface area contributed by atoms with Gasteiger partial charge in [-0.1, -0.05) is 26.0 Å². The van der Waals surface area contributed by atoms with Gasteiger partial charge >= 0.3 is 0 Å². The molecule has 1 aromatic rings. The molecular formula is C22H29FN2O2. The molecule has 1 aliphatic heterocycles. The standard InChI is InChI=1S/C22H29FN2O2/c1-13(2)10-19-22(27)24(3)20(15-4-5-15)12-25(19)21(26)18-11-17(18)14-6-8-16(23)9-7-14/h6-9,13,15,17-20H,4-5,10-12H2,1-3H3/t17-,18+,19-,20+/m0/s1. The van der Waals surface area contributed by atoms with Crippen LogP contribution in [-0.4, -0.2) is 47.3 Å². The molecule has 2 saturated carbocycles. The predicted octanol–water partition coefficient (Wildman–Crippen LogP) is 3.42. The summed E-state index contributed by atoms with van der Waals surface area (Å²) in [4.78, 5) is 30.2. The first kappa shape index (κ1) is 18.5. The number of likely N-dealkylation sites (N-methyl/N-ethyl adjacent to an activating group) is 1. The molecule has 4 nitrogen and oxygen atoms in total. The van der Waals surface area contributed by atoms with E-state index in [1.54, 1.807) is 12.1 Å². The highest BCUT2D eigenvalue weighted by atomic mass is 19.1. The summed E-state index contributed by atoms with van der Waals surface area (Å²) in [5.41, 5.74) is 1.02. The summed E-state index contributed by atoms with van der Waals surface area (Å²) in [5, 5.41) is 0. The van der Waals surface area contributed by atoms with Gasteiger partial charge in [0, 0.05) is 19.5 Å². The van der Waals surface area contributed by atoms with E-state index in [-0.39, 0.29) is 41.6 Å². The number of nitrogens with zero attached hydrogens (tertiary/aromatic N) is 2. The van der Waals surface area contributed by atoms with Crippen LogP contribution in [-0.2, 0) is 9.59 Å². The zero-order valence-corrected chi connectivity index (χ0v) is 16.4. The Balaban J connectivity index is 1.52. The van der Waals surface area contributed by atoms with Gasteiger partial charge in [-0.3, -0.25) is 9.59 Å². The van der Waals surface area contributed by atoms with E-state index in [4.69, 9.17) is 0 Å². The Kier molecular flexibility index (Phi) is 4.73. The third-order valence-corrected chi connectivity index (χ3v) is 6.44. The molecule has 0 aromatic heterocycles. The maximum absolute atomic E-state index is 13.3. The second kappa shape index (κ2) is 6.92. The highest BCUT2D eigenvalue weighted by molar-refractivity contribution is 5.91. The summed E-state index contributed by atoms with van der Waals surface area (Å²) in [7, 11) is 1.90. The topological polar surface area (TPSA) is 40.6 Å². The lowest BCUT2D eigenvalue weighted by molar-refractivity contribution is -0.156. The smallest absolute Gasteiger partial charge is 0.245 e. The van der Waals surface area contributed by atoms with Crippen LogP contribution in [0.1, 0.15) is 51.0 Å². The number of hydrogen-bond donors (Lipinski definition) is 0. The molecule has 1 heterocycles. The van der Waals surface area contributed by atoms with Gasteiger partial charge in [0.05, 0.1) is 6.04 Å². The van der Waals surface area contributed by atoms with Gasteiger partial charge in [0.15, 0.2) is 0 Å². The van der Waals surface area contributed by atoms with Crippen LogP contribution in [0.4, 0.5) is 4.39 Å². The fourth-order valence-corrected chi connectivity index (χ4v) is 4.61. The van der Waals surface area contributed by atoms with Crippen molar-refractivity contribution in [2.75, 3.05) is 13.6 Å². The molecule has 2 aliphatic carbocycles. The number of rotatable bonds is 5. The van der Waals surface area contributed by atoms with Crippen molar-refractivity contribution in [2.45, 2.75) is 57.5 Å². The third kappa shape index (κ3) is 3.61. The zero-order chi connectivity index (χ0) is 19.3. The highest BCUT2D eigenvalue weighted by Crippen LogP contribution is 2.49. The van der Waals surface area contributed by atoms with Gasteiger partial charge in [0.1, 0.15) is 11.9 Å². The van der Waals surface area contributed by atoms with E-state index in [1.807, 2.05) is 16.8 Å².